The molecule has 4 heteroatoms. The molecule has 1 aliphatic rings. The highest BCUT2D eigenvalue weighted by atomic mass is 16.2. The monoisotopic (exact) mass is 192 g/mol. The molecule has 14 heavy (non-hydrogen) atoms. The van der Waals surface area contributed by atoms with Crippen LogP contribution in [0.15, 0.2) is 36.5 Å². The molecule has 0 aromatic heterocycles. The van der Waals surface area contributed by atoms with Crippen molar-refractivity contribution in [2.45, 2.75) is 0 Å². The predicted molar refractivity (Wildman–Crippen MR) is 53.0 cm³/mol. The van der Waals surface area contributed by atoms with Crippen molar-refractivity contribution in [1.82, 2.24) is 10.0 Å². The summed E-state index contributed by atoms with van der Waals surface area (Å²) in [5.74, 6) is -0.738. The Bertz CT molecular complexity index is 353. The molecule has 0 saturated carbocycles. The molecule has 0 spiro atoms. The summed E-state index contributed by atoms with van der Waals surface area (Å²) in [5.41, 5.74) is 0.516. The molecule has 0 N–H and O–H groups in total. The Morgan fingerprint density at radius 1 is 1.29 bits per heavy atom. The van der Waals surface area contributed by atoms with Crippen molar-refractivity contribution in [3.63, 3.8) is 0 Å². The van der Waals surface area contributed by atoms with Crippen LogP contribution in [0.5, 0.6) is 0 Å². The lowest BCUT2D eigenvalue weighted by atomic mass is 10.1. The van der Waals surface area contributed by atoms with Gasteiger partial charge < -0.3 is 0 Å². The number of imide groups is 1. The van der Waals surface area contributed by atoms with E-state index in [-0.39, 0.29) is 17.4 Å². The molecule has 0 aliphatic carbocycles. The highest BCUT2D eigenvalue weighted by Gasteiger charge is 2.38. The van der Waals surface area contributed by atoms with E-state index in [0.717, 1.165) is 5.01 Å². The van der Waals surface area contributed by atoms with Crippen LogP contribution in [0.25, 0.3) is 0 Å². The van der Waals surface area contributed by atoms with Gasteiger partial charge in [0.15, 0.2) is 0 Å². The SMILES string of the molecule is C=C/C=C1\C(=C)C(=O)N(N(C)C)C1=O. The molecule has 1 rings (SSSR count). The number of hydrogen-bond donors (Lipinski definition) is 0. The van der Waals surface area contributed by atoms with E-state index < -0.39 is 0 Å². The number of carbonyl (C=O) groups is 2. The fourth-order valence-corrected chi connectivity index (χ4v) is 1.23. The second kappa shape index (κ2) is 3.59. The summed E-state index contributed by atoms with van der Waals surface area (Å²) < 4.78 is 0. The summed E-state index contributed by atoms with van der Waals surface area (Å²) in [6, 6.07) is 0. The highest BCUT2D eigenvalue weighted by molar-refractivity contribution is 6.23. The molecule has 1 heterocycles. The smallest absolute Gasteiger partial charge is 0.267 e. The third-order valence-corrected chi connectivity index (χ3v) is 1.88. The lowest BCUT2D eigenvalue weighted by molar-refractivity contribution is -0.150. The minimum absolute atomic E-state index is 0.212. The second-order valence-corrected chi connectivity index (χ2v) is 3.06. The van der Waals surface area contributed by atoms with E-state index in [9.17, 15) is 9.59 Å². The minimum atomic E-state index is -0.381. The fourth-order valence-electron chi connectivity index (χ4n) is 1.23. The summed E-state index contributed by atoms with van der Waals surface area (Å²) in [7, 11) is 3.25. The molecule has 0 radical (unpaired) electrons. The first-order valence-corrected chi connectivity index (χ1v) is 4.08. The molecule has 1 saturated heterocycles. The van der Waals surface area contributed by atoms with Crippen LogP contribution in [0.3, 0.4) is 0 Å². The maximum absolute atomic E-state index is 11.6. The zero-order valence-electron chi connectivity index (χ0n) is 8.28. The van der Waals surface area contributed by atoms with Crippen molar-refractivity contribution < 1.29 is 9.59 Å². The van der Waals surface area contributed by atoms with Crippen LogP contribution < -0.4 is 0 Å². The molecule has 74 valence electrons. The molecule has 0 aromatic carbocycles. The van der Waals surface area contributed by atoms with Gasteiger partial charge in [0.2, 0.25) is 0 Å². The van der Waals surface area contributed by atoms with Crippen molar-refractivity contribution in [3.05, 3.63) is 36.5 Å². The summed E-state index contributed by atoms with van der Waals surface area (Å²) in [6.45, 7) is 7.04. The molecular formula is C10H12N2O2. The Balaban J connectivity index is 3.16. The second-order valence-electron chi connectivity index (χ2n) is 3.06. The molecule has 0 atom stereocenters. The summed E-state index contributed by atoms with van der Waals surface area (Å²) in [4.78, 5) is 23.2. The Hall–Kier alpha value is -1.68. The molecular weight excluding hydrogens is 180 g/mol. The first kappa shape index (κ1) is 10.4. The molecule has 4 nitrogen and oxygen atoms in total. The number of hydrazine groups is 1. The van der Waals surface area contributed by atoms with Crippen LogP contribution >= 0.6 is 0 Å². The highest BCUT2D eigenvalue weighted by Crippen LogP contribution is 2.23. The summed E-state index contributed by atoms with van der Waals surface area (Å²) in [6.07, 6.45) is 2.96. The van der Waals surface area contributed by atoms with Gasteiger partial charge in [0.1, 0.15) is 0 Å². The van der Waals surface area contributed by atoms with Crippen LogP contribution in [0.2, 0.25) is 0 Å². The molecule has 0 aromatic rings. The zero-order chi connectivity index (χ0) is 10.9. The van der Waals surface area contributed by atoms with Gasteiger partial charge in [-0.1, -0.05) is 19.2 Å². The lowest BCUT2D eigenvalue weighted by Crippen LogP contribution is -2.41. The van der Waals surface area contributed by atoms with Crippen LogP contribution in [0.4, 0.5) is 0 Å². The van der Waals surface area contributed by atoms with E-state index in [2.05, 4.69) is 13.2 Å². The molecule has 0 bridgehead atoms. The van der Waals surface area contributed by atoms with Crippen LogP contribution in [0, 0.1) is 0 Å². The largest absolute Gasteiger partial charge is 0.276 e. The molecule has 1 fully saturated rings. The number of rotatable bonds is 2. The number of carbonyl (C=O) groups excluding carboxylic acids is 2. The average molecular weight is 192 g/mol. The molecule has 2 amide bonds. The van der Waals surface area contributed by atoms with Crippen molar-refractivity contribution in [1.29, 1.82) is 0 Å². The van der Waals surface area contributed by atoms with Gasteiger partial charge in [-0.2, -0.15) is 0 Å². The normalized spacial score (nSPS) is 20.1. The van der Waals surface area contributed by atoms with Crippen LogP contribution in [-0.2, 0) is 9.59 Å². The van der Waals surface area contributed by atoms with Crippen LogP contribution in [-0.4, -0.2) is 35.9 Å². The van der Waals surface area contributed by atoms with Crippen molar-refractivity contribution in [3.8, 4) is 0 Å². The third-order valence-electron chi connectivity index (χ3n) is 1.88. The van der Waals surface area contributed by atoms with Gasteiger partial charge in [0.05, 0.1) is 5.57 Å². The van der Waals surface area contributed by atoms with E-state index in [1.54, 1.807) is 14.1 Å². The van der Waals surface area contributed by atoms with Crippen molar-refractivity contribution in [2.24, 2.45) is 0 Å². The van der Waals surface area contributed by atoms with Crippen molar-refractivity contribution in [2.75, 3.05) is 14.1 Å². The minimum Gasteiger partial charge on any atom is -0.267 e. The van der Waals surface area contributed by atoms with Gasteiger partial charge in [-0.15, -0.1) is 0 Å². The van der Waals surface area contributed by atoms with E-state index in [1.807, 2.05) is 0 Å². The maximum Gasteiger partial charge on any atom is 0.276 e. The van der Waals surface area contributed by atoms with Crippen molar-refractivity contribution >= 4 is 11.8 Å². The van der Waals surface area contributed by atoms with Gasteiger partial charge in [-0.3, -0.25) is 9.59 Å². The van der Waals surface area contributed by atoms with Gasteiger partial charge in [0, 0.05) is 19.7 Å². The zero-order valence-corrected chi connectivity index (χ0v) is 8.28. The Labute approximate surface area is 82.8 Å². The van der Waals surface area contributed by atoms with Crippen LogP contribution in [0.1, 0.15) is 0 Å². The van der Waals surface area contributed by atoms with E-state index in [4.69, 9.17) is 0 Å². The first-order valence-electron chi connectivity index (χ1n) is 4.08. The lowest BCUT2D eigenvalue weighted by Gasteiger charge is -2.20. The van der Waals surface area contributed by atoms with E-state index in [0.29, 0.717) is 5.57 Å². The third kappa shape index (κ3) is 1.40. The fraction of sp³-hybridized carbons (Fsp3) is 0.200. The molecule has 0 unspecified atom stereocenters. The van der Waals surface area contributed by atoms with Gasteiger partial charge in [-0.05, 0) is 6.08 Å². The Morgan fingerprint density at radius 2 is 1.86 bits per heavy atom. The topological polar surface area (TPSA) is 40.6 Å². The Morgan fingerprint density at radius 3 is 2.21 bits per heavy atom. The number of amides is 2. The standard InChI is InChI=1S/C10H12N2O2/c1-5-6-8-7(2)9(13)12(10(8)14)11(3)4/h5-6H,1-2H2,3-4H3/b8-6+. The summed E-state index contributed by atoms with van der Waals surface area (Å²) >= 11 is 0. The number of allylic oxidation sites excluding steroid dienone is 2. The van der Waals surface area contributed by atoms with Gasteiger partial charge in [-0.25, -0.2) is 10.0 Å². The first-order chi connectivity index (χ1) is 6.50. The predicted octanol–water partition coefficient (Wildman–Crippen LogP) is 0.500. The van der Waals surface area contributed by atoms with Gasteiger partial charge in [0.25, 0.3) is 11.8 Å². The summed E-state index contributed by atoms with van der Waals surface area (Å²) in [5, 5.41) is 2.47. The maximum atomic E-state index is 11.6. The van der Waals surface area contributed by atoms with E-state index in [1.165, 1.54) is 17.2 Å². The average Bonchev–Trinajstić information content (AvgIpc) is 2.30. The number of nitrogens with zero attached hydrogens (tertiary/aromatic N) is 2. The van der Waals surface area contributed by atoms with E-state index >= 15 is 0 Å². The number of hydrogen-bond acceptors (Lipinski definition) is 3. The van der Waals surface area contributed by atoms with Gasteiger partial charge >= 0.3 is 0 Å². The molecule has 1 aliphatic heterocycles. The Kier molecular flexibility index (Phi) is 2.67. The quantitative estimate of drug-likeness (QED) is 0.472.